The molecule has 0 aromatic carbocycles. The fraction of sp³-hybridized carbons (Fsp3) is 0.400. The number of hydrogen-bond donors (Lipinski definition) is 2. The maximum Gasteiger partial charge on any atom is 0.265 e. The van der Waals surface area contributed by atoms with Crippen molar-refractivity contribution in [2.24, 2.45) is 0 Å². The lowest BCUT2D eigenvalue weighted by molar-refractivity contribution is -0.214. The van der Waals surface area contributed by atoms with Crippen LogP contribution in [-0.2, 0) is 0 Å². The molecule has 0 heterocycles. The normalized spacial score (nSPS) is 8.67. The highest BCUT2D eigenvalue weighted by Crippen LogP contribution is 1.64. The number of quaternary nitrogens is 1. The number of hydrogen-bond acceptors (Lipinski definition) is 1. The minimum atomic E-state index is 0. The monoisotopic (exact) mass is 166 g/mol. The summed E-state index contributed by atoms with van der Waals surface area (Å²) in [4.78, 5) is 0. The summed E-state index contributed by atoms with van der Waals surface area (Å²) in [5, 5.41) is 3.48. The van der Waals surface area contributed by atoms with Crippen LogP contribution in [0.4, 0.5) is 0 Å². The Labute approximate surface area is 66.9 Å². The number of rotatable bonds is 2. The van der Waals surface area contributed by atoms with Crippen LogP contribution in [0.3, 0.4) is 0 Å². The molecule has 0 aliphatic rings. The van der Waals surface area contributed by atoms with Gasteiger partial charge in [0.25, 0.3) is 5.11 Å². The first-order valence-electron chi connectivity index (χ1n) is 2.48. The second-order valence-corrected chi connectivity index (χ2v) is 1.87. The number of halogens is 1. The van der Waals surface area contributed by atoms with Gasteiger partial charge >= 0.3 is 0 Å². The van der Waals surface area contributed by atoms with Gasteiger partial charge in [0, 0.05) is 18.8 Å². The summed E-state index contributed by atoms with van der Waals surface area (Å²) in [5.41, 5.74) is 3.50. The molecule has 54 valence electrons. The molecule has 0 saturated heterocycles. The van der Waals surface area contributed by atoms with Gasteiger partial charge < -0.3 is 23.5 Å². The largest absolute Gasteiger partial charge is 1.00 e. The van der Waals surface area contributed by atoms with E-state index in [0.717, 1.165) is 6.54 Å². The van der Waals surface area contributed by atoms with E-state index in [0.29, 0.717) is 5.11 Å². The van der Waals surface area contributed by atoms with Crippen molar-refractivity contribution in [2.75, 3.05) is 6.54 Å². The first-order chi connectivity index (χ1) is 3.77. The fourth-order valence-corrected chi connectivity index (χ4v) is 0.374. The van der Waals surface area contributed by atoms with Crippen molar-refractivity contribution in [2.45, 2.75) is 6.92 Å². The maximum absolute atomic E-state index is 4.65. The van der Waals surface area contributed by atoms with Crippen LogP contribution < -0.4 is 23.5 Å². The van der Waals surface area contributed by atoms with Crippen LogP contribution in [0.5, 0.6) is 0 Å². The van der Waals surface area contributed by atoms with Gasteiger partial charge in [0.1, 0.15) is 0 Å². The summed E-state index contributed by atoms with van der Waals surface area (Å²) in [6.45, 7) is 2.76. The average molecular weight is 167 g/mol. The van der Waals surface area contributed by atoms with Gasteiger partial charge in [0.05, 0.1) is 0 Å². The van der Waals surface area contributed by atoms with E-state index in [1.807, 2.05) is 19.1 Å². The van der Waals surface area contributed by atoms with Gasteiger partial charge in [-0.25, -0.2) is 0 Å². The third-order valence-corrected chi connectivity index (χ3v) is 0.797. The van der Waals surface area contributed by atoms with Crippen molar-refractivity contribution in [1.82, 2.24) is 5.32 Å². The Kier molecular flexibility index (Phi) is 10.2. The maximum atomic E-state index is 4.65. The molecule has 0 rings (SSSR count). The first-order valence-corrected chi connectivity index (χ1v) is 2.89. The van der Waals surface area contributed by atoms with Crippen LogP contribution >= 0.6 is 12.2 Å². The zero-order valence-electron chi connectivity index (χ0n) is 5.36. The van der Waals surface area contributed by atoms with Gasteiger partial charge in [-0.05, 0) is 6.92 Å². The van der Waals surface area contributed by atoms with E-state index >= 15 is 0 Å². The molecule has 0 bridgehead atoms. The van der Waals surface area contributed by atoms with Crippen molar-refractivity contribution >= 4 is 17.3 Å². The van der Waals surface area contributed by atoms with E-state index in [-0.39, 0.29) is 12.4 Å². The molecule has 0 saturated carbocycles. The van der Waals surface area contributed by atoms with Gasteiger partial charge in [0.2, 0.25) is 0 Å². The van der Waals surface area contributed by atoms with Crippen LogP contribution in [0.2, 0.25) is 0 Å². The van der Waals surface area contributed by atoms with Crippen molar-refractivity contribution in [1.29, 1.82) is 0 Å². The second kappa shape index (κ2) is 7.88. The van der Waals surface area contributed by atoms with E-state index in [9.17, 15) is 0 Å². The van der Waals surface area contributed by atoms with Crippen molar-refractivity contribution in [3.63, 3.8) is 0 Å². The number of thiocarbonyl (C=S) groups is 1. The summed E-state index contributed by atoms with van der Waals surface area (Å²) < 4.78 is 0. The molecule has 0 atom stereocenters. The Morgan fingerprint density at radius 2 is 2.33 bits per heavy atom. The molecule has 4 heteroatoms. The standard InChI is InChI=1S/C5H10N2S.ClH/c1-2-3-4-7-5(6)8;/h2-3H,4H2,1H3,(H3,6,7,8);1H/b3-2+;. The Bertz CT molecular complexity index is 103. The van der Waals surface area contributed by atoms with Crippen LogP contribution in [-0.4, -0.2) is 11.7 Å². The molecule has 0 aromatic rings. The summed E-state index contributed by atoms with van der Waals surface area (Å²) in [7, 11) is 0. The zero-order valence-corrected chi connectivity index (χ0v) is 6.93. The highest BCUT2D eigenvalue weighted by Gasteiger charge is 1.82. The molecule has 0 aromatic heterocycles. The van der Waals surface area contributed by atoms with Crippen molar-refractivity contribution in [3.8, 4) is 0 Å². The Balaban J connectivity index is 0. The van der Waals surface area contributed by atoms with E-state index < -0.39 is 0 Å². The lowest BCUT2D eigenvalue weighted by atomic mass is 10.5. The van der Waals surface area contributed by atoms with Crippen LogP contribution in [0.15, 0.2) is 12.2 Å². The topological polar surface area (TPSA) is 39.7 Å². The fourth-order valence-electron chi connectivity index (χ4n) is 0.291. The molecule has 0 unspecified atom stereocenters. The van der Waals surface area contributed by atoms with E-state index in [4.69, 9.17) is 0 Å². The van der Waals surface area contributed by atoms with Gasteiger partial charge in [-0.3, -0.25) is 0 Å². The van der Waals surface area contributed by atoms with E-state index in [1.165, 1.54) is 0 Å². The summed E-state index contributed by atoms with van der Waals surface area (Å²) in [6, 6.07) is 0. The second-order valence-electron chi connectivity index (χ2n) is 1.37. The molecule has 0 amide bonds. The molecule has 9 heavy (non-hydrogen) atoms. The molecule has 0 fully saturated rings. The highest BCUT2D eigenvalue weighted by molar-refractivity contribution is 7.79. The third kappa shape index (κ3) is 11.4. The third-order valence-electron chi connectivity index (χ3n) is 0.653. The Hall–Kier alpha value is -0.120. The molecule has 0 spiro atoms. The van der Waals surface area contributed by atoms with Gasteiger partial charge in [-0.2, -0.15) is 0 Å². The number of allylic oxidation sites excluding steroid dienone is 1. The highest BCUT2D eigenvalue weighted by atomic mass is 35.5. The predicted molar refractivity (Wildman–Crippen MR) is 38.3 cm³/mol. The molecular formula is C5H11ClN2S. The summed E-state index contributed by atoms with van der Waals surface area (Å²) in [6.07, 6.45) is 3.95. The minimum Gasteiger partial charge on any atom is -1.00 e. The Morgan fingerprint density at radius 3 is 2.67 bits per heavy atom. The van der Waals surface area contributed by atoms with Crippen molar-refractivity contribution < 1.29 is 18.1 Å². The SMILES string of the molecule is C/C=C/CNC([NH3+])=S.[Cl-]. The molecule has 2 nitrogen and oxygen atoms in total. The molecule has 4 N–H and O–H groups in total. The van der Waals surface area contributed by atoms with Crippen molar-refractivity contribution in [3.05, 3.63) is 12.2 Å². The zero-order chi connectivity index (χ0) is 6.41. The van der Waals surface area contributed by atoms with Crippen LogP contribution in [0.1, 0.15) is 6.92 Å². The molecule has 0 aliphatic carbocycles. The number of nitrogens with one attached hydrogen (secondary N) is 1. The van der Waals surface area contributed by atoms with Gasteiger partial charge in [0.15, 0.2) is 0 Å². The minimum absolute atomic E-state index is 0. The first kappa shape index (κ1) is 11.6. The van der Waals surface area contributed by atoms with Crippen LogP contribution in [0.25, 0.3) is 0 Å². The summed E-state index contributed by atoms with van der Waals surface area (Å²) in [5.74, 6) is 0. The van der Waals surface area contributed by atoms with Crippen LogP contribution in [0, 0.1) is 0 Å². The lowest BCUT2D eigenvalue weighted by Gasteiger charge is -1.90. The predicted octanol–water partition coefficient (Wildman–Crippen LogP) is -3.32. The smallest absolute Gasteiger partial charge is 0.265 e. The van der Waals surface area contributed by atoms with Gasteiger partial charge in [-0.15, -0.1) is 0 Å². The lowest BCUT2D eigenvalue weighted by Crippen LogP contribution is -3.00. The van der Waals surface area contributed by atoms with E-state index in [2.05, 4.69) is 23.3 Å². The van der Waals surface area contributed by atoms with E-state index in [1.54, 1.807) is 0 Å². The molecular weight excluding hydrogens is 156 g/mol. The molecule has 0 radical (unpaired) electrons. The quantitative estimate of drug-likeness (QED) is 0.333. The Morgan fingerprint density at radius 1 is 1.78 bits per heavy atom. The summed E-state index contributed by atoms with van der Waals surface area (Å²) >= 11 is 4.65. The molecule has 0 aliphatic heterocycles. The van der Waals surface area contributed by atoms with Gasteiger partial charge in [-0.1, -0.05) is 12.2 Å². The average Bonchev–Trinajstić information content (AvgIpc) is 1.66.